The summed E-state index contributed by atoms with van der Waals surface area (Å²) in [6.07, 6.45) is 5.40. The maximum atomic E-state index is 12.6. The fourth-order valence-corrected chi connectivity index (χ4v) is 4.12. The number of aryl methyl sites for hydroxylation is 3. The van der Waals surface area contributed by atoms with Crippen LogP contribution in [0.5, 0.6) is 0 Å². The first-order valence-corrected chi connectivity index (χ1v) is 11.7. The fraction of sp³-hybridized carbons (Fsp3) is 0.370. The summed E-state index contributed by atoms with van der Waals surface area (Å²) in [6.45, 7) is 3.38. The number of benzene rings is 2. The first-order valence-electron chi connectivity index (χ1n) is 11.7. The number of aromatic nitrogens is 1. The number of rotatable bonds is 8. The topological polar surface area (TPSA) is 75.4 Å². The molecule has 6 heteroatoms. The van der Waals surface area contributed by atoms with Gasteiger partial charge in [-0.15, -0.1) is 0 Å². The zero-order valence-electron chi connectivity index (χ0n) is 19.1. The first kappa shape index (κ1) is 22.8. The molecular formula is C27H31N3O3. The molecular weight excluding hydrogens is 414 g/mol. The van der Waals surface area contributed by atoms with Crippen molar-refractivity contribution in [1.29, 1.82) is 0 Å². The molecule has 3 aromatic rings. The molecule has 2 heterocycles. The standard InChI is InChI=1S/C27H31N3O3/c1-20-7-10-22(11-8-20)24-19-28-26(33-24)13-14-27(32)30-17-15-23(16-18-30)29-25(31)12-9-21-5-3-2-4-6-21/h2-8,10-11,19,23H,9,12-18H2,1H3,(H,29,31). The molecule has 1 aliphatic rings. The van der Waals surface area contributed by atoms with Crippen LogP contribution in [0.2, 0.25) is 0 Å². The summed E-state index contributed by atoms with van der Waals surface area (Å²) < 4.78 is 5.83. The van der Waals surface area contributed by atoms with Crippen LogP contribution in [0.15, 0.2) is 65.2 Å². The van der Waals surface area contributed by atoms with E-state index in [1.54, 1.807) is 6.20 Å². The molecule has 1 aliphatic heterocycles. The van der Waals surface area contributed by atoms with Crippen LogP contribution >= 0.6 is 0 Å². The van der Waals surface area contributed by atoms with E-state index in [2.05, 4.69) is 10.3 Å². The van der Waals surface area contributed by atoms with Crippen molar-refractivity contribution in [2.75, 3.05) is 13.1 Å². The van der Waals surface area contributed by atoms with E-state index in [0.29, 0.717) is 38.2 Å². The Bertz CT molecular complexity index is 1050. The fourth-order valence-electron chi connectivity index (χ4n) is 4.12. The van der Waals surface area contributed by atoms with Gasteiger partial charge < -0.3 is 14.6 Å². The highest BCUT2D eigenvalue weighted by atomic mass is 16.4. The molecule has 0 spiro atoms. The summed E-state index contributed by atoms with van der Waals surface area (Å²) in [6, 6.07) is 18.3. The van der Waals surface area contributed by atoms with Crippen molar-refractivity contribution in [3.05, 3.63) is 77.8 Å². The average Bonchev–Trinajstić information content (AvgIpc) is 3.32. The van der Waals surface area contributed by atoms with Gasteiger partial charge in [-0.2, -0.15) is 0 Å². The van der Waals surface area contributed by atoms with Crippen LogP contribution in [0.3, 0.4) is 0 Å². The van der Waals surface area contributed by atoms with Gasteiger partial charge in [0.1, 0.15) is 0 Å². The summed E-state index contributed by atoms with van der Waals surface area (Å²) >= 11 is 0. The second-order valence-electron chi connectivity index (χ2n) is 8.69. The number of oxazole rings is 1. The Morgan fingerprint density at radius 3 is 2.45 bits per heavy atom. The first-order chi connectivity index (χ1) is 16.1. The normalized spacial score (nSPS) is 14.3. The molecule has 6 nitrogen and oxygen atoms in total. The molecule has 0 bridgehead atoms. The Labute approximate surface area is 195 Å². The van der Waals surface area contributed by atoms with E-state index in [-0.39, 0.29) is 17.9 Å². The second kappa shape index (κ2) is 10.9. The van der Waals surface area contributed by atoms with Crippen molar-refractivity contribution in [1.82, 2.24) is 15.2 Å². The van der Waals surface area contributed by atoms with Crippen LogP contribution in [0.1, 0.15) is 42.7 Å². The summed E-state index contributed by atoms with van der Waals surface area (Å²) in [4.78, 5) is 31.1. The zero-order valence-corrected chi connectivity index (χ0v) is 19.1. The van der Waals surface area contributed by atoms with Crippen LogP contribution < -0.4 is 5.32 Å². The minimum atomic E-state index is 0.0805. The highest BCUT2D eigenvalue weighted by molar-refractivity contribution is 5.77. The molecule has 0 saturated carbocycles. The molecule has 0 aliphatic carbocycles. The lowest BCUT2D eigenvalue weighted by Crippen LogP contribution is -2.46. The summed E-state index contributed by atoms with van der Waals surface area (Å²) in [5.41, 5.74) is 3.35. The van der Waals surface area contributed by atoms with E-state index in [1.165, 1.54) is 11.1 Å². The van der Waals surface area contributed by atoms with Gasteiger partial charge in [0.05, 0.1) is 6.20 Å². The lowest BCUT2D eigenvalue weighted by atomic mass is 10.0. The minimum Gasteiger partial charge on any atom is -0.441 e. The number of likely N-dealkylation sites (tertiary alicyclic amines) is 1. The van der Waals surface area contributed by atoms with Crippen LogP contribution in [-0.2, 0) is 22.4 Å². The number of hydrogen-bond donors (Lipinski definition) is 1. The van der Waals surface area contributed by atoms with Crippen LogP contribution in [0.4, 0.5) is 0 Å². The third-order valence-electron chi connectivity index (χ3n) is 6.14. The van der Waals surface area contributed by atoms with Gasteiger partial charge in [-0.1, -0.05) is 60.2 Å². The van der Waals surface area contributed by atoms with E-state index >= 15 is 0 Å². The molecule has 0 unspecified atom stereocenters. The number of nitrogens with one attached hydrogen (secondary N) is 1. The molecule has 172 valence electrons. The lowest BCUT2D eigenvalue weighted by molar-refractivity contribution is -0.132. The molecule has 2 aromatic carbocycles. The second-order valence-corrected chi connectivity index (χ2v) is 8.69. The van der Waals surface area contributed by atoms with Crippen molar-refractivity contribution in [3.63, 3.8) is 0 Å². The third kappa shape index (κ3) is 6.54. The van der Waals surface area contributed by atoms with Crippen LogP contribution in [-0.4, -0.2) is 40.8 Å². The molecule has 0 radical (unpaired) electrons. The van der Waals surface area contributed by atoms with E-state index in [1.807, 2.05) is 66.4 Å². The summed E-state index contributed by atoms with van der Waals surface area (Å²) in [5, 5.41) is 3.13. The monoisotopic (exact) mass is 445 g/mol. The predicted molar refractivity (Wildman–Crippen MR) is 128 cm³/mol. The van der Waals surface area contributed by atoms with Gasteiger partial charge in [0.15, 0.2) is 11.7 Å². The molecule has 4 rings (SSSR count). The Kier molecular flexibility index (Phi) is 7.55. The molecule has 2 amide bonds. The maximum Gasteiger partial charge on any atom is 0.223 e. The van der Waals surface area contributed by atoms with E-state index in [4.69, 9.17) is 4.42 Å². The van der Waals surface area contributed by atoms with Crippen LogP contribution in [0.25, 0.3) is 11.3 Å². The Hall–Kier alpha value is -3.41. The number of hydrogen-bond acceptors (Lipinski definition) is 4. The van der Waals surface area contributed by atoms with E-state index < -0.39 is 0 Å². The Morgan fingerprint density at radius 1 is 1.00 bits per heavy atom. The number of carbonyl (C=O) groups is 2. The molecule has 33 heavy (non-hydrogen) atoms. The average molecular weight is 446 g/mol. The Morgan fingerprint density at radius 2 is 1.73 bits per heavy atom. The summed E-state index contributed by atoms with van der Waals surface area (Å²) in [7, 11) is 0. The maximum absolute atomic E-state index is 12.6. The van der Waals surface area contributed by atoms with Gasteiger partial charge in [0.25, 0.3) is 0 Å². The number of carbonyl (C=O) groups excluding carboxylic acids is 2. The van der Waals surface area contributed by atoms with Gasteiger partial charge in [0.2, 0.25) is 11.8 Å². The predicted octanol–water partition coefficient (Wildman–Crippen LogP) is 4.32. The third-order valence-corrected chi connectivity index (χ3v) is 6.14. The smallest absolute Gasteiger partial charge is 0.223 e. The van der Waals surface area contributed by atoms with Gasteiger partial charge in [0, 0.05) is 44.0 Å². The highest BCUT2D eigenvalue weighted by Gasteiger charge is 2.24. The minimum absolute atomic E-state index is 0.0805. The number of nitrogens with zero attached hydrogens (tertiary/aromatic N) is 2. The number of amides is 2. The molecule has 1 fully saturated rings. The molecule has 1 aromatic heterocycles. The van der Waals surface area contributed by atoms with Crippen molar-refractivity contribution in [3.8, 4) is 11.3 Å². The van der Waals surface area contributed by atoms with Gasteiger partial charge in [-0.25, -0.2) is 4.98 Å². The molecule has 1 N–H and O–H groups in total. The number of piperidine rings is 1. The van der Waals surface area contributed by atoms with Crippen LogP contribution in [0, 0.1) is 6.92 Å². The van der Waals surface area contributed by atoms with Crippen molar-refractivity contribution < 1.29 is 14.0 Å². The SMILES string of the molecule is Cc1ccc(-c2cnc(CCC(=O)N3CCC(NC(=O)CCc4ccccc4)CC3)o2)cc1. The highest BCUT2D eigenvalue weighted by Crippen LogP contribution is 2.21. The Balaban J connectivity index is 1.17. The van der Waals surface area contributed by atoms with Crippen molar-refractivity contribution in [2.24, 2.45) is 0 Å². The molecule has 1 saturated heterocycles. The molecule has 0 atom stereocenters. The van der Waals surface area contributed by atoms with E-state index in [0.717, 1.165) is 30.6 Å². The quantitative estimate of drug-likeness (QED) is 0.560. The van der Waals surface area contributed by atoms with Crippen molar-refractivity contribution in [2.45, 2.75) is 51.5 Å². The van der Waals surface area contributed by atoms with Gasteiger partial charge in [-0.05, 0) is 31.7 Å². The van der Waals surface area contributed by atoms with E-state index in [9.17, 15) is 9.59 Å². The lowest BCUT2D eigenvalue weighted by Gasteiger charge is -2.32. The van der Waals surface area contributed by atoms with Crippen molar-refractivity contribution >= 4 is 11.8 Å². The van der Waals surface area contributed by atoms with Gasteiger partial charge in [-0.3, -0.25) is 9.59 Å². The zero-order chi connectivity index (χ0) is 23.0. The van der Waals surface area contributed by atoms with Gasteiger partial charge >= 0.3 is 0 Å². The summed E-state index contributed by atoms with van der Waals surface area (Å²) in [5.74, 6) is 1.50. The largest absolute Gasteiger partial charge is 0.441 e.